The normalized spacial score (nSPS) is 19.5. The number of benzene rings is 2. The van der Waals surface area contributed by atoms with E-state index < -0.39 is 19.9 Å². The molecule has 0 saturated carbocycles. The lowest BCUT2D eigenvalue weighted by atomic mass is 10.0. The van der Waals surface area contributed by atoms with Crippen molar-refractivity contribution in [2.75, 3.05) is 0 Å². The molecule has 0 radical (unpaired) electrons. The molecule has 1 unspecified atom stereocenters. The number of amides is 1. The Balaban J connectivity index is 1.99. The molecular weight excluding hydrogens is 482 g/mol. The maximum Gasteiger partial charge on any atom is 0.410 e. The highest BCUT2D eigenvalue weighted by molar-refractivity contribution is 6.74. The number of carbonyl (C=O) groups is 2. The monoisotopic (exact) mass is 525 g/mol. The summed E-state index contributed by atoms with van der Waals surface area (Å²) >= 11 is 0. The van der Waals surface area contributed by atoms with E-state index in [1.165, 1.54) is 0 Å². The molecule has 2 aromatic rings. The lowest BCUT2D eigenvalue weighted by Crippen LogP contribution is -2.50. The Morgan fingerprint density at radius 1 is 0.973 bits per heavy atom. The SMILES string of the molecule is CC(C)(C)OC(=O)N1C(Cc2ccc(C(=O)O)cc2)CC[C@@H]1[C@H](O[Si](C)(C)C(C)(C)C)c1ccccc1. The fourth-order valence-corrected chi connectivity index (χ4v) is 5.85. The van der Waals surface area contributed by atoms with E-state index in [1.54, 1.807) is 12.1 Å². The van der Waals surface area contributed by atoms with E-state index in [9.17, 15) is 14.7 Å². The van der Waals surface area contributed by atoms with Crippen molar-refractivity contribution in [3.05, 3.63) is 71.3 Å². The van der Waals surface area contributed by atoms with Crippen LogP contribution in [0, 0.1) is 0 Å². The van der Waals surface area contributed by atoms with Crippen molar-refractivity contribution in [2.45, 2.75) is 103 Å². The van der Waals surface area contributed by atoms with Crippen LogP contribution < -0.4 is 0 Å². The van der Waals surface area contributed by atoms with Crippen LogP contribution in [-0.2, 0) is 15.6 Å². The first-order valence-electron chi connectivity index (χ1n) is 13.2. The molecule has 7 heteroatoms. The van der Waals surface area contributed by atoms with Crippen molar-refractivity contribution in [3.8, 4) is 0 Å². The maximum absolute atomic E-state index is 13.7. The van der Waals surface area contributed by atoms with Crippen LogP contribution in [0.4, 0.5) is 4.79 Å². The van der Waals surface area contributed by atoms with Crippen LogP contribution in [0.5, 0.6) is 0 Å². The van der Waals surface area contributed by atoms with Gasteiger partial charge in [0.05, 0.1) is 17.7 Å². The number of likely N-dealkylation sites (tertiary alicyclic amines) is 1. The number of carboxylic acid groups (broad SMARTS) is 1. The molecule has 37 heavy (non-hydrogen) atoms. The van der Waals surface area contributed by atoms with Gasteiger partial charge in [-0.15, -0.1) is 0 Å². The molecule has 0 aromatic heterocycles. The van der Waals surface area contributed by atoms with Crippen LogP contribution >= 0.6 is 0 Å². The van der Waals surface area contributed by atoms with Gasteiger partial charge in [0.1, 0.15) is 5.60 Å². The van der Waals surface area contributed by atoms with Gasteiger partial charge in [0.25, 0.3) is 0 Å². The number of aromatic carboxylic acids is 1. The fourth-order valence-electron chi connectivity index (χ4n) is 4.57. The first-order chi connectivity index (χ1) is 17.1. The third kappa shape index (κ3) is 7.23. The second-order valence-electron chi connectivity index (χ2n) is 12.6. The molecule has 6 nitrogen and oxygen atoms in total. The zero-order chi connectivity index (χ0) is 27.6. The number of ether oxygens (including phenoxy) is 1. The summed E-state index contributed by atoms with van der Waals surface area (Å²) in [6.07, 6.45) is 1.63. The molecule has 3 rings (SSSR count). The molecule has 1 aliphatic heterocycles. The number of hydrogen-bond acceptors (Lipinski definition) is 4. The molecular formula is C30H43NO5Si. The molecule has 1 aliphatic rings. The van der Waals surface area contributed by atoms with Crippen LogP contribution in [0.1, 0.15) is 82.0 Å². The summed E-state index contributed by atoms with van der Waals surface area (Å²) in [5.74, 6) is -0.948. The van der Waals surface area contributed by atoms with Gasteiger partial charge in [-0.1, -0.05) is 63.2 Å². The molecule has 0 aliphatic carbocycles. The molecule has 0 bridgehead atoms. The third-order valence-corrected chi connectivity index (χ3v) is 12.0. The van der Waals surface area contributed by atoms with E-state index >= 15 is 0 Å². The highest BCUT2D eigenvalue weighted by Gasteiger charge is 2.47. The predicted octanol–water partition coefficient (Wildman–Crippen LogP) is 7.46. The van der Waals surface area contributed by atoms with E-state index in [0.29, 0.717) is 6.42 Å². The average Bonchev–Trinajstić information content (AvgIpc) is 3.20. The highest BCUT2D eigenvalue weighted by atomic mass is 28.4. The van der Waals surface area contributed by atoms with Crippen molar-refractivity contribution in [1.82, 2.24) is 4.90 Å². The Morgan fingerprint density at radius 2 is 1.57 bits per heavy atom. The van der Waals surface area contributed by atoms with E-state index in [-0.39, 0.29) is 34.9 Å². The van der Waals surface area contributed by atoms with Gasteiger partial charge in [-0.3, -0.25) is 4.90 Å². The Labute approximate surface area is 223 Å². The molecule has 0 spiro atoms. The zero-order valence-corrected chi connectivity index (χ0v) is 24.6. The van der Waals surface area contributed by atoms with Crippen molar-refractivity contribution in [1.29, 1.82) is 0 Å². The molecule has 1 N–H and O–H groups in total. The summed E-state index contributed by atoms with van der Waals surface area (Å²) in [7, 11) is -2.18. The maximum atomic E-state index is 13.7. The third-order valence-electron chi connectivity index (χ3n) is 7.53. The van der Waals surface area contributed by atoms with Crippen molar-refractivity contribution in [3.63, 3.8) is 0 Å². The van der Waals surface area contributed by atoms with Gasteiger partial charge in [-0.05, 0) is 81.4 Å². The Bertz CT molecular complexity index is 1070. The minimum absolute atomic E-state index is 0.0146. The summed E-state index contributed by atoms with van der Waals surface area (Å²) in [5, 5.41) is 9.27. The summed E-state index contributed by atoms with van der Waals surface area (Å²) in [4.78, 5) is 26.9. The lowest BCUT2D eigenvalue weighted by Gasteiger charge is -2.43. The average molecular weight is 526 g/mol. The molecule has 3 atom stereocenters. The highest BCUT2D eigenvalue weighted by Crippen LogP contribution is 2.44. The number of carboxylic acids is 1. The second kappa shape index (κ2) is 11.0. The topological polar surface area (TPSA) is 76.1 Å². The predicted molar refractivity (Wildman–Crippen MR) is 149 cm³/mol. The van der Waals surface area contributed by atoms with Gasteiger partial charge < -0.3 is 14.3 Å². The van der Waals surface area contributed by atoms with Gasteiger partial charge in [0.2, 0.25) is 0 Å². The molecule has 1 heterocycles. The van der Waals surface area contributed by atoms with E-state index in [1.807, 2.05) is 56.0 Å². The molecule has 1 saturated heterocycles. The Morgan fingerprint density at radius 3 is 2.08 bits per heavy atom. The second-order valence-corrected chi connectivity index (χ2v) is 17.4. The fraction of sp³-hybridized carbons (Fsp3) is 0.533. The van der Waals surface area contributed by atoms with Crippen LogP contribution in [0.3, 0.4) is 0 Å². The van der Waals surface area contributed by atoms with Gasteiger partial charge in [-0.2, -0.15) is 0 Å². The summed E-state index contributed by atoms with van der Waals surface area (Å²) in [6, 6.07) is 16.9. The number of nitrogens with zero attached hydrogens (tertiary/aromatic N) is 1. The van der Waals surface area contributed by atoms with Gasteiger partial charge in [-0.25, -0.2) is 9.59 Å². The van der Waals surface area contributed by atoms with Crippen LogP contribution in [0.15, 0.2) is 54.6 Å². The first kappa shape index (κ1) is 28.9. The Hall–Kier alpha value is -2.64. The standard InChI is InChI=1S/C30H43NO5Si/c1-29(2,3)35-28(34)31-24(20-21-14-16-23(17-15-21)27(32)33)18-19-25(31)26(22-12-10-9-11-13-22)36-37(7,8)30(4,5)6/h9-17,24-26H,18-20H2,1-8H3,(H,32,33)/t24?,25-,26-/m1/s1. The molecule has 1 fully saturated rings. The van der Waals surface area contributed by atoms with Crippen molar-refractivity contribution < 1.29 is 23.9 Å². The van der Waals surface area contributed by atoms with Gasteiger partial charge in [0, 0.05) is 6.04 Å². The molecule has 1 amide bonds. The zero-order valence-electron chi connectivity index (χ0n) is 23.6. The summed E-state index contributed by atoms with van der Waals surface area (Å²) in [5.41, 5.74) is 1.69. The van der Waals surface area contributed by atoms with E-state index in [2.05, 4.69) is 46.0 Å². The number of hydrogen-bond donors (Lipinski definition) is 1. The first-order valence-corrected chi connectivity index (χ1v) is 16.1. The number of rotatable bonds is 7. The minimum Gasteiger partial charge on any atom is -0.478 e. The number of carbonyl (C=O) groups excluding carboxylic acids is 1. The largest absolute Gasteiger partial charge is 0.478 e. The van der Waals surface area contributed by atoms with Crippen LogP contribution in [-0.4, -0.2) is 48.1 Å². The van der Waals surface area contributed by atoms with Crippen LogP contribution in [0.25, 0.3) is 0 Å². The van der Waals surface area contributed by atoms with Crippen molar-refractivity contribution >= 4 is 20.4 Å². The van der Waals surface area contributed by atoms with E-state index in [4.69, 9.17) is 9.16 Å². The van der Waals surface area contributed by atoms with Crippen molar-refractivity contribution in [2.24, 2.45) is 0 Å². The quantitative estimate of drug-likeness (QED) is 0.380. The van der Waals surface area contributed by atoms with E-state index in [0.717, 1.165) is 24.0 Å². The smallest absolute Gasteiger partial charge is 0.410 e. The minimum atomic E-state index is -2.18. The van der Waals surface area contributed by atoms with Gasteiger partial charge >= 0.3 is 12.1 Å². The van der Waals surface area contributed by atoms with Crippen LogP contribution in [0.2, 0.25) is 18.1 Å². The molecule has 202 valence electrons. The van der Waals surface area contributed by atoms with Gasteiger partial charge in [0.15, 0.2) is 8.32 Å². The summed E-state index contributed by atoms with van der Waals surface area (Å²) in [6.45, 7) is 16.8. The lowest BCUT2D eigenvalue weighted by molar-refractivity contribution is -0.00239. The Kier molecular flexibility index (Phi) is 8.59. The molecule has 2 aromatic carbocycles. The summed E-state index contributed by atoms with van der Waals surface area (Å²) < 4.78 is 13.0.